The molecular weight excluding hydrogens is 286 g/mol. The SMILES string of the molecule is CCc1cc(=O)oc2nc(ON=C3CCCCC3)[nH]c(=O)c12. The van der Waals surface area contributed by atoms with Crippen molar-refractivity contribution in [3.8, 4) is 6.01 Å². The van der Waals surface area contributed by atoms with Crippen molar-refractivity contribution >= 4 is 16.8 Å². The molecule has 2 aromatic heterocycles. The Kier molecular flexibility index (Phi) is 4.04. The lowest BCUT2D eigenvalue weighted by atomic mass is 9.99. The van der Waals surface area contributed by atoms with E-state index < -0.39 is 11.2 Å². The van der Waals surface area contributed by atoms with Gasteiger partial charge in [0.1, 0.15) is 5.39 Å². The molecule has 0 unspecified atom stereocenters. The number of H-pyrrole nitrogens is 1. The van der Waals surface area contributed by atoms with E-state index in [1.807, 2.05) is 6.92 Å². The Morgan fingerprint density at radius 1 is 1.32 bits per heavy atom. The van der Waals surface area contributed by atoms with Crippen molar-refractivity contribution in [1.29, 1.82) is 0 Å². The maximum absolute atomic E-state index is 12.2. The molecule has 2 heterocycles. The highest BCUT2D eigenvalue weighted by molar-refractivity contribution is 5.84. The van der Waals surface area contributed by atoms with Crippen LogP contribution in [0.25, 0.3) is 11.1 Å². The lowest BCUT2D eigenvalue weighted by Crippen LogP contribution is -2.15. The third-order valence-electron chi connectivity index (χ3n) is 3.75. The average Bonchev–Trinajstić information content (AvgIpc) is 2.52. The molecule has 0 saturated heterocycles. The van der Waals surface area contributed by atoms with Gasteiger partial charge in [0.15, 0.2) is 0 Å². The highest BCUT2D eigenvalue weighted by atomic mass is 16.6. The molecule has 0 aromatic carbocycles. The fourth-order valence-electron chi connectivity index (χ4n) is 2.61. The van der Waals surface area contributed by atoms with Crippen molar-refractivity contribution in [3.05, 3.63) is 32.4 Å². The smallest absolute Gasteiger partial charge is 0.337 e. The summed E-state index contributed by atoms with van der Waals surface area (Å²) in [6.07, 6.45) is 5.72. The molecule has 1 saturated carbocycles. The fourth-order valence-corrected chi connectivity index (χ4v) is 2.61. The highest BCUT2D eigenvalue weighted by Gasteiger charge is 2.13. The Morgan fingerprint density at radius 2 is 2.09 bits per heavy atom. The average molecular weight is 303 g/mol. The summed E-state index contributed by atoms with van der Waals surface area (Å²) in [7, 11) is 0. The minimum atomic E-state index is -0.535. The number of hydrogen-bond acceptors (Lipinski definition) is 6. The minimum Gasteiger partial charge on any atom is -0.403 e. The van der Waals surface area contributed by atoms with E-state index >= 15 is 0 Å². The van der Waals surface area contributed by atoms with Crippen molar-refractivity contribution in [2.45, 2.75) is 45.4 Å². The summed E-state index contributed by atoms with van der Waals surface area (Å²) in [5.74, 6) is 0. The quantitative estimate of drug-likeness (QED) is 0.876. The molecule has 1 aliphatic rings. The third kappa shape index (κ3) is 2.93. The molecule has 7 heteroatoms. The number of nitrogens with zero attached hydrogens (tertiary/aromatic N) is 2. The maximum Gasteiger partial charge on any atom is 0.337 e. The van der Waals surface area contributed by atoms with Gasteiger partial charge >= 0.3 is 11.6 Å². The van der Waals surface area contributed by atoms with Gasteiger partial charge in [-0.05, 0) is 37.7 Å². The molecule has 0 atom stereocenters. The first-order valence-electron chi connectivity index (χ1n) is 7.47. The predicted octanol–water partition coefficient (Wildman–Crippen LogP) is 2.14. The van der Waals surface area contributed by atoms with Crippen LogP contribution in [0.5, 0.6) is 6.01 Å². The van der Waals surface area contributed by atoms with E-state index in [0.717, 1.165) is 31.4 Å². The van der Waals surface area contributed by atoms with Crippen molar-refractivity contribution in [2.75, 3.05) is 0 Å². The molecule has 22 heavy (non-hydrogen) atoms. The van der Waals surface area contributed by atoms with Crippen LogP contribution in [0, 0.1) is 0 Å². The zero-order valence-electron chi connectivity index (χ0n) is 12.3. The van der Waals surface area contributed by atoms with Crippen molar-refractivity contribution in [1.82, 2.24) is 9.97 Å². The Labute approximate surface area is 126 Å². The molecule has 7 nitrogen and oxygen atoms in total. The van der Waals surface area contributed by atoms with E-state index in [2.05, 4.69) is 15.1 Å². The molecule has 2 aromatic rings. The fraction of sp³-hybridized carbons (Fsp3) is 0.467. The van der Waals surface area contributed by atoms with Crippen LogP contribution in [0.2, 0.25) is 0 Å². The zero-order chi connectivity index (χ0) is 15.5. The predicted molar refractivity (Wildman–Crippen MR) is 81.4 cm³/mol. The molecule has 0 aliphatic heterocycles. The van der Waals surface area contributed by atoms with Gasteiger partial charge < -0.3 is 9.25 Å². The minimum absolute atomic E-state index is 0.0213. The zero-order valence-corrected chi connectivity index (χ0v) is 12.3. The van der Waals surface area contributed by atoms with E-state index in [-0.39, 0.29) is 17.1 Å². The number of nitrogens with one attached hydrogen (secondary N) is 1. The number of hydrogen-bond donors (Lipinski definition) is 1. The molecule has 0 radical (unpaired) electrons. The number of aromatic amines is 1. The van der Waals surface area contributed by atoms with Gasteiger partial charge in [0.05, 0.1) is 5.71 Å². The van der Waals surface area contributed by atoms with E-state index in [0.29, 0.717) is 12.0 Å². The van der Waals surface area contributed by atoms with E-state index in [1.165, 1.54) is 12.5 Å². The van der Waals surface area contributed by atoms with E-state index in [1.54, 1.807) is 0 Å². The van der Waals surface area contributed by atoms with Gasteiger partial charge in [0.25, 0.3) is 5.56 Å². The normalized spacial score (nSPS) is 15.0. The van der Waals surface area contributed by atoms with Crippen LogP contribution in [0.3, 0.4) is 0 Å². The maximum atomic E-state index is 12.2. The second kappa shape index (κ2) is 6.13. The van der Waals surface area contributed by atoms with Gasteiger partial charge in [-0.15, -0.1) is 0 Å². The van der Waals surface area contributed by atoms with Crippen LogP contribution in [0.4, 0.5) is 0 Å². The van der Waals surface area contributed by atoms with Gasteiger partial charge in [-0.3, -0.25) is 9.78 Å². The monoisotopic (exact) mass is 303 g/mol. The van der Waals surface area contributed by atoms with Gasteiger partial charge in [0.2, 0.25) is 5.71 Å². The summed E-state index contributed by atoms with van der Waals surface area (Å²) >= 11 is 0. The Bertz CT molecular complexity index is 827. The Hall–Kier alpha value is -2.44. The first-order valence-corrected chi connectivity index (χ1v) is 7.47. The van der Waals surface area contributed by atoms with Crippen LogP contribution in [0.1, 0.15) is 44.6 Å². The molecule has 1 aliphatic carbocycles. The number of fused-ring (bicyclic) bond motifs is 1. The number of oxime groups is 1. The molecule has 3 rings (SSSR count). The highest BCUT2D eigenvalue weighted by Crippen LogP contribution is 2.16. The molecule has 0 spiro atoms. The van der Waals surface area contributed by atoms with Gasteiger partial charge in [-0.25, -0.2) is 4.79 Å². The van der Waals surface area contributed by atoms with Crippen LogP contribution < -0.4 is 16.0 Å². The topological polar surface area (TPSA) is 97.5 Å². The van der Waals surface area contributed by atoms with Crippen LogP contribution in [-0.2, 0) is 6.42 Å². The van der Waals surface area contributed by atoms with Gasteiger partial charge in [0, 0.05) is 6.07 Å². The summed E-state index contributed by atoms with van der Waals surface area (Å²) in [6.45, 7) is 1.85. The summed E-state index contributed by atoms with van der Waals surface area (Å²) < 4.78 is 5.00. The first-order chi connectivity index (χ1) is 10.7. The Morgan fingerprint density at radius 3 is 2.82 bits per heavy atom. The van der Waals surface area contributed by atoms with Crippen LogP contribution in [-0.4, -0.2) is 15.7 Å². The molecule has 1 fully saturated rings. The lowest BCUT2D eigenvalue weighted by Gasteiger charge is -2.11. The Balaban J connectivity index is 1.98. The first kappa shape index (κ1) is 14.5. The van der Waals surface area contributed by atoms with E-state index in [9.17, 15) is 9.59 Å². The summed E-state index contributed by atoms with van der Waals surface area (Å²) in [4.78, 5) is 35.4. The largest absolute Gasteiger partial charge is 0.403 e. The van der Waals surface area contributed by atoms with Crippen molar-refractivity contribution < 1.29 is 9.25 Å². The van der Waals surface area contributed by atoms with Crippen LogP contribution >= 0.6 is 0 Å². The van der Waals surface area contributed by atoms with E-state index in [4.69, 9.17) is 9.25 Å². The molecule has 0 amide bonds. The second-order valence-electron chi connectivity index (χ2n) is 5.30. The van der Waals surface area contributed by atoms with Crippen LogP contribution in [0.15, 0.2) is 25.2 Å². The molecule has 1 N–H and O–H groups in total. The number of aromatic nitrogens is 2. The molecule has 116 valence electrons. The standard InChI is InChI=1S/C15H17N3O4/c1-2-9-8-11(19)21-14-12(9)13(20)16-15(17-14)22-18-10-6-4-3-5-7-10/h8H,2-7H2,1H3,(H,16,17,20). The summed E-state index contributed by atoms with van der Waals surface area (Å²) in [6, 6.07) is 1.24. The van der Waals surface area contributed by atoms with Gasteiger partial charge in [-0.2, -0.15) is 4.98 Å². The van der Waals surface area contributed by atoms with Gasteiger partial charge in [-0.1, -0.05) is 18.5 Å². The number of aryl methyl sites for hydroxylation is 1. The lowest BCUT2D eigenvalue weighted by molar-refractivity contribution is 0.307. The number of rotatable bonds is 3. The molecular formula is C15H17N3O4. The summed E-state index contributed by atoms with van der Waals surface area (Å²) in [5, 5.41) is 4.31. The second-order valence-corrected chi connectivity index (χ2v) is 5.30. The third-order valence-corrected chi connectivity index (χ3v) is 3.75. The summed E-state index contributed by atoms with van der Waals surface area (Å²) in [5.41, 5.74) is 0.603. The van der Waals surface area contributed by atoms with Crippen molar-refractivity contribution in [2.24, 2.45) is 5.16 Å². The molecule has 0 bridgehead atoms. The van der Waals surface area contributed by atoms with Crippen molar-refractivity contribution in [3.63, 3.8) is 0 Å².